The van der Waals surface area contributed by atoms with E-state index in [4.69, 9.17) is 0 Å². The van der Waals surface area contributed by atoms with E-state index in [1.165, 1.54) is 18.3 Å². The molecule has 1 aromatic heterocycles. The lowest BCUT2D eigenvalue weighted by Gasteiger charge is -2.09. The Bertz CT molecular complexity index is 860. The molecule has 108 valence electrons. The van der Waals surface area contributed by atoms with E-state index in [9.17, 15) is 23.1 Å². The second-order valence-corrected chi connectivity index (χ2v) is 6.30. The summed E-state index contributed by atoms with van der Waals surface area (Å²) in [5.41, 5.74) is 1.78. The molecule has 2 N–H and O–H groups in total. The first-order valence-corrected chi connectivity index (χ1v) is 7.28. The molecule has 0 radical (unpaired) electrons. The molecule has 21 heavy (non-hydrogen) atoms. The van der Waals surface area contributed by atoms with Gasteiger partial charge >= 0.3 is 5.97 Å². The van der Waals surface area contributed by atoms with Gasteiger partial charge in [0.05, 0.1) is 4.90 Å². The Balaban J connectivity index is 2.28. The van der Waals surface area contributed by atoms with Crippen molar-refractivity contribution in [3.63, 3.8) is 0 Å². The Labute approximate surface area is 118 Å². The van der Waals surface area contributed by atoms with Crippen LogP contribution in [-0.4, -0.2) is 35.6 Å². The number of fused-ring (bicyclic) bond motifs is 1. The number of nitrogens with zero attached hydrogens (tertiary/aromatic N) is 1. The molecule has 1 aromatic carbocycles. The third-order valence-electron chi connectivity index (χ3n) is 3.03. The number of pyridine rings is 1. The maximum Gasteiger partial charge on any atom is 0.360 e. The highest BCUT2D eigenvalue weighted by Crippen LogP contribution is 2.31. The van der Waals surface area contributed by atoms with Crippen molar-refractivity contribution in [3.05, 3.63) is 30.5 Å². The molecule has 1 saturated heterocycles. The van der Waals surface area contributed by atoms with Crippen LogP contribution in [0.3, 0.4) is 0 Å². The number of nitrogens with one attached hydrogen (secondary N) is 1. The van der Waals surface area contributed by atoms with Gasteiger partial charge < -0.3 is 9.94 Å². The predicted octanol–water partition coefficient (Wildman–Crippen LogP) is -0.329. The lowest BCUT2D eigenvalue weighted by atomic mass is 10.2. The van der Waals surface area contributed by atoms with Crippen LogP contribution in [0.1, 0.15) is 0 Å². The summed E-state index contributed by atoms with van der Waals surface area (Å²) in [5.74, 6) is -2.45. The molecule has 1 atom stereocenters. The molecule has 1 amide bonds. The van der Waals surface area contributed by atoms with E-state index in [1.807, 2.05) is 0 Å². The molecular formula is C12H8N2O6S. The van der Waals surface area contributed by atoms with Crippen LogP contribution in [-0.2, 0) is 24.3 Å². The molecule has 1 aliphatic heterocycles. The predicted molar refractivity (Wildman–Crippen MR) is 68.6 cm³/mol. The maximum atomic E-state index is 12.5. The number of rotatable bonds is 2. The van der Waals surface area contributed by atoms with E-state index in [0.29, 0.717) is 0 Å². The highest BCUT2D eigenvalue weighted by atomic mass is 32.2. The Morgan fingerprint density at radius 2 is 2.00 bits per heavy atom. The number of carbonyl (C=O) groups excluding carboxylic acids is 2. The van der Waals surface area contributed by atoms with E-state index in [0.717, 1.165) is 12.1 Å². The minimum absolute atomic E-state index is 0.0605. The molecule has 3 rings (SSSR count). The van der Waals surface area contributed by atoms with Crippen LogP contribution in [0.15, 0.2) is 35.4 Å². The number of carbonyl (C=O) groups is 2. The number of amides is 1. The van der Waals surface area contributed by atoms with Crippen molar-refractivity contribution in [1.82, 2.24) is 10.5 Å². The van der Waals surface area contributed by atoms with Gasteiger partial charge in [0, 0.05) is 11.6 Å². The normalized spacial score (nSPS) is 18.6. The van der Waals surface area contributed by atoms with Crippen molar-refractivity contribution in [3.8, 4) is 5.75 Å². The van der Waals surface area contributed by atoms with Crippen molar-refractivity contribution in [1.29, 1.82) is 0 Å². The highest BCUT2D eigenvalue weighted by Gasteiger charge is 2.47. The Kier molecular flexibility index (Phi) is 2.80. The van der Waals surface area contributed by atoms with Crippen LogP contribution in [0.4, 0.5) is 0 Å². The summed E-state index contributed by atoms with van der Waals surface area (Å²) in [4.78, 5) is 30.8. The SMILES string of the molecule is O=C1NOC(=O)C1S(=O)(=O)c1ccc(O)c2ncccc12. The lowest BCUT2D eigenvalue weighted by Crippen LogP contribution is -2.34. The summed E-state index contributed by atoms with van der Waals surface area (Å²) in [5, 5.41) is 7.85. The van der Waals surface area contributed by atoms with E-state index in [1.54, 1.807) is 5.48 Å². The maximum absolute atomic E-state index is 12.5. The van der Waals surface area contributed by atoms with E-state index < -0.39 is 27.0 Å². The number of benzene rings is 1. The van der Waals surface area contributed by atoms with Crippen LogP contribution in [0, 0.1) is 0 Å². The van der Waals surface area contributed by atoms with Gasteiger partial charge in [0.1, 0.15) is 11.3 Å². The second kappa shape index (κ2) is 4.42. The highest BCUT2D eigenvalue weighted by molar-refractivity contribution is 7.93. The number of hydrogen-bond donors (Lipinski definition) is 2. The van der Waals surface area contributed by atoms with Gasteiger partial charge in [-0.1, -0.05) is 0 Å². The molecule has 2 heterocycles. The quantitative estimate of drug-likeness (QED) is 0.728. The Hall–Kier alpha value is -2.68. The number of hydroxylamine groups is 1. The summed E-state index contributed by atoms with van der Waals surface area (Å²) >= 11 is 0. The molecule has 0 spiro atoms. The fourth-order valence-electron chi connectivity index (χ4n) is 2.09. The number of sulfone groups is 1. The summed E-state index contributed by atoms with van der Waals surface area (Å²) in [7, 11) is -4.32. The van der Waals surface area contributed by atoms with Crippen molar-refractivity contribution >= 4 is 32.6 Å². The average molecular weight is 308 g/mol. The second-order valence-electron chi connectivity index (χ2n) is 4.29. The molecule has 1 unspecified atom stereocenters. The Morgan fingerprint density at radius 3 is 2.67 bits per heavy atom. The molecule has 9 heteroatoms. The zero-order valence-corrected chi connectivity index (χ0v) is 11.1. The zero-order chi connectivity index (χ0) is 15.2. The van der Waals surface area contributed by atoms with Gasteiger partial charge in [0.2, 0.25) is 15.1 Å². The molecule has 1 aliphatic rings. The summed E-state index contributed by atoms with van der Waals surface area (Å²) in [6.45, 7) is 0. The minimum atomic E-state index is -4.32. The largest absolute Gasteiger partial charge is 0.506 e. The number of phenolic OH excluding ortho intramolecular Hbond substituents is 1. The van der Waals surface area contributed by atoms with Crippen molar-refractivity contribution in [2.75, 3.05) is 0 Å². The van der Waals surface area contributed by atoms with E-state index in [2.05, 4.69) is 9.82 Å². The number of hydrogen-bond acceptors (Lipinski definition) is 7. The standard InChI is InChI=1S/C12H8N2O6S/c15-7-3-4-8(6-2-1-5-13-9(6)7)21(18,19)10-11(16)14-20-12(10)17/h1-5,10,15H,(H,14,16). The number of phenols is 1. The summed E-state index contributed by atoms with van der Waals surface area (Å²) < 4.78 is 25.0. The summed E-state index contributed by atoms with van der Waals surface area (Å²) in [6.07, 6.45) is 1.38. The molecule has 8 nitrogen and oxygen atoms in total. The van der Waals surface area contributed by atoms with Gasteiger partial charge in [0.25, 0.3) is 5.91 Å². The van der Waals surface area contributed by atoms with Gasteiger partial charge in [-0.2, -0.15) is 5.48 Å². The van der Waals surface area contributed by atoms with Gasteiger partial charge in [-0.05, 0) is 24.3 Å². The monoisotopic (exact) mass is 308 g/mol. The number of aromatic nitrogens is 1. The summed E-state index contributed by atoms with van der Waals surface area (Å²) in [6, 6.07) is 5.16. The van der Waals surface area contributed by atoms with Crippen molar-refractivity contribution in [2.24, 2.45) is 0 Å². The van der Waals surface area contributed by atoms with Gasteiger partial charge in [-0.3, -0.25) is 9.78 Å². The van der Waals surface area contributed by atoms with Crippen LogP contribution in [0.25, 0.3) is 10.9 Å². The van der Waals surface area contributed by atoms with Crippen LogP contribution < -0.4 is 5.48 Å². The van der Waals surface area contributed by atoms with Gasteiger partial charge in [0.15, 0.2) is 0 Å². The Morgan fingerprint density at radius 1 is 1.24 bits per heavy atom. The topological polar surface area (TPSA) is 123 Å². The molecule has 0 aliphatic carbocycles. The minimum Gasteiger partial charge on any atom is -0.506 e. The van der Waals surface area contributed by atoms with Crippen molar-refractivity contribution in [2.45, 2.75) is 10.1 Å². The molecule has 1 fully saturated rings. The number of aromatic hydroxyl groups is 1. The molecular weight excluding hydrogens is 300 g/mol. The van der Waals surface area contributed by atoms with Crippen LogP contribution in [0.2, 0.25) is 0 Å². The lowest BCUT2D eigenvalue weighted by molar-refractivity contribution is -0.144. The third-order valence-corrected chi connectivity index (χ3v) is 5.03. The average Bonchev–Trinajstić information content (AvgIpc) is 2.79. The molecule has 2 aromatic rings. The molecule has 0 saturated carbocycles. The van der Waals surface area contributed by atoms with Crippen LogP contribution in [0.5, 0.6) is 5.75 Å². The first-order chi connectivity index (χ1) is 9.93. The first kappa shape index (κ1) is 13.3. The third kappa shape index (κ3) is 1.89. The molecule has 0 bridgehead atoms. The fourth-order valence-corrected chi connectivity index (χ4v) is 3.70. The van der Waals surface area contributed by atoms with E-state index in [-0.39, 0.29) is 21.5 Å². The van der Waals surface area contributed by atoms with Gasteiger partial charge in [-0.25, -0.2) is 13.2 Å². The van der Waals surface area contributed by atoms with Crippen LogP contribution >= 0.6 is 0 Å². The zero-order valence-electron chi connectivity index (χ0n) is 10.3. The van der Waals surface area contributed by atoms with Crippen molar-refractivity contribution < 1.29 is 28.0 Å². The van der Waals surface area contributed by atoms with Gasteiger partial charge in [-0.15, -0.1) is 0 Å². The first-order valence-electron chi connectivity index (χ1n) is 5.74. The fraction of sp³-hybridized carbons (Fsp3) is 0.0833. The smallest absolute Gasteiger partial charge is 0.360 e. The van der Waals surface area contributed by atoms with E-state index >= 15 is 0 Å².